The van der Waals surface area contributed by atoms with E-state index in [-0.39, 0.29) is 12.1 Å². The Hall–Kier alpha value is -1.22. The first-order chi connectivity index (χ1) is 10.0. The highest BCUT2D eigenvalue weighted by atomic mass is 35.5. The van der Waals surface area contributed by atoms with Crippen LogP contribution in [-0.2, 0) is 0 Å². The highest BCUT2D eigenvalue weighted by Gasteiger charge is 2.17. The predicted octanol–water partition coefficient (Wildman–Crippen LogP) is 5.09. The maximum absolute atomic E-state index is 6.34. The third kappa shape index (κ3) is 3.91. The Kier molecular flexibility index (Phi) is 5.51. The van der Waals surface area contributed by atoms with Crippen molar-refractivity contribution in [3.63, 3.8) is 0 Å². The second kappa shape index (κ2) is 7.17. The first-order valence-electron chi connectivity index (χ1n) is 6.90. The summed E-state index contributed by atoms with van der Waals surface area (Å²) >= 11 is 12.5. The van der Waals surface area contributed by atoms with Gasteiger partial charge in [0.05, 0.1) is 22.2 Å². The van der Waals surface area contributed by atoms with Crippen molar-refractivity contribution in [2.75, 3.05) is 7.05 Å². The first-order valence-corrected chi connectivity index (χ1v) is 7.66. The molecule has 1 N–H and O–H groups in total. The van der Waals surface area contributed by atoms with Crippen LogP contribution in [0.3, 0.4) is 0 Å². The van der Waals surface area contributed by atoms with Crippen LogP contribution >= 0.6 is 23.2 Å². The lowest BCUT2D eigenvalue weighted by Crippen LogP contribution is -2.18. The fourth-order valence-corrected chi connectivity index (χ4v) is 2.70. The van der Waals surface area contributed by atoms with E-state index in [4.69, 9.17) is 27.9 Å². The second-order valence-corrected chi connectivity index (χ2v) is 5.89. The molecule has 0 aromatic heterocycles. The molecule has 0 fully saturated rings. The maximum Gasteiger partial charge on any atom is 0.120 e. The Morgan fingerprint density at radius 1 is 1.05 bits per heavy atom. The Labute approximate surface area is 136 Å². The highest BCUT2D eigenvalue weighted by Crippen LogP contribution is 2.34. The van der Waals surface area contributed by atoms with E-state index in [1.54, 1.807) is 6.07 Å². The smallest absolute Gasteiger partial charge is 0.120 e. The molecule has 0 amide bonds. The van der Waals surface area contributed by atoms with E-state index in [0.717, 1.165) is 16.9 Å². The molecule has 0 saturated carbocycles. The average molecular weight is 324 g/mol. The molecule has 2 nitrogen and oxygen atoms in total. The van der Waals surface area contributed by atoms with Gasteiger partial charge in [-0.05, 0) is 50.2 Å². The second-order valence-electron chi connectivity index (χ2n) is 5.10. The van der Waals surface area contributed by atoms with Crippen molar-refractivity contribution in [3.8, 4) is 5.75 Å². The Bertz CT molecular complexity index is 613. The van der Waals surface area contributed by atoms with Gasteiger partial charge in [-0.2, -0.15) is 0 Å². The molecule has 0 aliphatic rings. The number of rotatable bonds is 5. The minimum Gasteiger partial charge on any atom is -0.491 e. The molecule has 2 aromatic carbocycles. The van der Waals surface area contributed by atoms with Crippen LogP contribution < -0.4 is 10.1 Å². The van der Waals surface area contributed by atoms with Crippen molar-refractivity contribution >= 4 is 23.2 Å². The van der Waals surface area contributed by atoms with Crippen LogP contribution in [0, 0.1) is 0 Å². The zero-order chi connectivity index (χ0) is 15.4. The van der Waals surface area contributed by atoms with E-state index < -0.39 is 0 Å². The van der Waals surface area contributed by atoms with Crippen molar-refractivity contribution in [2.24, 2.45) is 0 Å². The van der Waals surface area contributed by atoms with Crippen LogP contribution in [0.5, 0.6) is 5.75 Å². The minimum absolute atomic E-state index is 0.0353. The Morgan fingerprint density at radius 2 is 1.76 bits per heavy atom. The number of ether oxygens (including phenoxy) is 1. The molecule has 0 spiro atoms. The van der Waals surface area contributed by atoms with Gasteiger partial charge in [0.2, 0.25) is 0 Å². The van der Waals surface area contributed by atoms with E-state index in [1.807, 2.05) is 57.3 Å². The van der Waals surface area contributed by atoms with Gasteiger partial charge >= 0.3 is 0 Å². The molecule has 0 saturated heterocycles. The normalized spacial score (nSPS) is 12.5. The van der Waals surface area contributed by atoms with E-state index >= 15 is 0 Å². The van der Waals surface area contributed by atoms with Crippen LogP contribution in [0.4, 0.5) is 0 Å². The molecule has 1 atom stereocenters. The number of hydrogen-bond donors (Lipinski definition) is 1. The van der Waals surface area contributed by atoms with Crippen LogP contribution in [-0.4, -0.2) is 13.2 Å². The third-order valence-corrected chi connectivity index (χ3v) is 3.98. The molecule has 2 aromatic rings. The van der Waals surface area contributed by atoms with Crippen molar-refractivity contribution in [1.29, 1.82) is 0 Å². The highest BCUT2D eigenvalue weighted by molar-refractivity contribution is 6.42. The van der Waals surface area contributed by atoms with Gasteiger partial charge in [-0.1, -0.05) is 47.5 Å². The quantitative estimate of drug-likeness (QED) is 0.827. The van der Waals surface area contributed by atoms with E-state index in [2.05, 4.69) is 5.32 Å². The lowest BCUT2D eigenvalue weighted by Gasteiger charge is -2.20. The molecule has 2 rings (SSSR count). The topological polar surface area (TPSA) is 21.3 Å². The lowest BCUT2D eigenvalue weighted by molar-refractivity contribution is 0.242. The van der Waals surface area contributed by atoms with Crippen LogP contribution in [0.2, 0.25) is 10.0 Å². The van der Waals surface area contributed by atoms with Gasteiger partial charge in [0, 0.05) is 0 Å². The summed E-state index contributed by atoms with van der Waals surface area (Å²) in [6.45, 7) is 4.02. The van der Waals surface area contributed by atoms with Gasteiger partial charge in [-0.25, -0.2) is 0 Å². The van der Waals surface area contributed by atoms with Crippen LogP contribution in [0.25, 0.3) is 0 Å². The average Bonchev–Trinajstić information content (AvgIpc) is 2.44. The van der Waals surface area contributed by atoms with Crippen molar-refractivity contribution in [2.45, 2.75) is 26.0 Å². The summed E-state index contributed by atoms with van der Waals surface area (Å²) in [6.07, 6.45) is 0.142. The molecule has 112 valence electrons. The Morgan fingerprint density at radius 3 is 2.43 bits per heavy atom. The van der Waals surface area contributed by atoms with E-state index in [0.29, 0.717) is 10.0 Å². The first kappa shape index (κ1) is 16.2. The van der Waals surface area contributed by atoms with Gasteiger partial charge in [0.25, 0.3) is 0 Å². The van der Waals surface area contributed by atoms with Crippen LogP contribution in [0.15, 0.2) is 42.5 Å². The fourth-order valence-electron chi connectivity index (χ4n) is 2.28. The van der Waals surface area contributed by atoms with Crippen molar-refractivity contribution in [3.05, 3.63) is 63.6 Å². The third-order valence-electron chi connectivity index (χ3n) is 3.14. The van der Waals surface area contributed by atoms with Gasteiger partial charge in [-0.3, -0.25) is 0 Å². The van der Waals surface area contributed by atoms with E-state index in [1.165, 1.54) is 0 Å². The molecule has 0 bridgehead atoms. The monoisotopic (exact) mass is 323 g/mol. The summed E-state index contributed by atoms with van der Waals surface area (Å²) in [6, 6.07) is 13.6. The molecular weight excluding hydrogens is 305 g/mol. The molecule has 4 heteroatoms. The lowest BCUT2D eigenvalue weighted by atomic mass is 9.98. The molecule has 0 radical (unpaired) electrons. The maximum atomic E-state index is 6.34. The summed E-state index contributed by atoms with van der Waals surface area (Å²) in [5.41, 5.74) is 2.04. The number of hydrogen-bond acceptors (Lipinski definition) is 2. The predicted molar refractivity (Wildman–Crippen MR) is 89.6 cm³/mol. The molecule has 21 heavy (non-hydrogen) atoms. The van der Waals surface area contributed by atoms with Gasteiger partial charge in [-0.15, -0.1) is 0 Å². The van der Waals surface area contributed by atoms with Crippen molar-refractivity contribution < 1.29 is 4.74 Å². The molecule has 0 aliphatic carbocycles. The molecule has 0 heterocycles. The summed E-state index contributed by atoms with van der Waals surface area (Å²) in [5, 5.41) is 4.42. The molecule has 1 unspecified atom stereocenters. The Balaban J connectivity index is 2.39. The zero-order valence-electron chi connectivity index (χ0n) is 12.4. The largest absolute Gasteiger partial charge is 0.491 e. The zero-order valence-corrected chi connectivity index (χ0v) is 13.9. The summed E-state index contributed by atoms with van der Waals surface area (Å²) in [5.74, 6) is 0.848. The van der Waals surface area contributed by atoms with Gasteiger partial charge in [0.1, 0.15) is 5.75 Å². The van der Waals surface area contributed by atoms with Gasteiger partial charge < -0.3 is 10.1 Å². The van der Waals surface area contributed by atoms with E-state index in [9.17, 15) is 0 Å². The number of nitrogens with one attached hydrogen (secondary N) is 1. The summed E-state index contributed by atoms with van der Waals surface area (Å²) < 4.78 is 5.75. The van der Waals surface area contributed by atoms with Gasteiger partial charge in [0.15, 0.2) is 0 Å². The molecule has 0 aliphatic heterocycles. The molecular formula is C17H19Cl2NO. The SMILES string of the molecule is CNC(c1cccc(OC(C)C)c1)c1cccc(Cl)c1Cl. The minimum atomic E-state index is -0.0353. The van der Waals surface area contributed by atoms with Crippen LogP contribution in [0.1, 0.15) is 31.0 Å². The fraction of sp³-hybridized carbons (Fsp3) is 0.294. The summed E-state index contributed by atoms with van der Waals surface area (Å²) in [7, 11) is 1.90. The summed E-state index contributed by atoms with van der Waals surface area (Å²) in [4.78, 5) is 0. The van der Waals surface area contributed by atoms with Crippen molar-refractivity contribution in [1.82, 2.24) is 5.32 Å². The number of benzene rings is 2. The standard InChI is InChI=1S/C17H19Cl2NO/c1-11(2)21-13-7-4-6-12(10-13)17(20-3)14-8-5-9-15(18)16(14)19/h4-11,17,20H,1-3H3. The number of halogens is 2.